The van der Waals surface area contributed by atoms with E-state index in [-0.39, 0.29) is 11.3 Å². The van der Waals surface area contributed by atoms with E-state index in [0.29, 0.717) is 5.56 Å². The minimum absolute atomic E-state index is 0.0718. The maximum Gasteiger partial charge on any atom is 0.368 e. The predicted octanol–water partition coefficient (Wildman–Crippen LogP) is 3.12. The number of methoxy groups -OCH3 is 2. The lowest BCUT2D eigenvalue weighted by atomic mass is 10.1. The highest BCUT2D eigenvalue weighted by Crippen LogP contribution is 2.63. The zero-order valence-electron chi connectivity index (χ0n) is 11.8. The average Bonchev–Trinajstić information content (AvgIpc) is 2.52. The molecule has 2 rings (SSSR count). The zero-order valence-corrected chi connectivity index (χ0v) is 12.7. The van der Waals surface area contributed by atoms with E-state index in [0.717, 1.165) is 5.56 Å². The Kier molecular flexibility index (Phi) is 4.50. The van der Waals surface area contributed by atoms with Crippen LogP contribution < -0.4 is 0 Å². The van der Waals surface area contributed by atoms with Crippen LogP contribution in [0.2, 0.25) is 0 Å². The third kappa shape index (κ3) is 2.36. The largest absolute Gasteiger partial charge is 0.468 e. The Bertz CT molecular complexity index is 560. The third-order valence-electron chi connectivity index (χ3n) is 3.03. The Morgan fingerprint density at radius 1 is 1.10 bits per heavy atom. The molecule has 6 nitrogen and oxygen atoms in total. The van der Waals surface area contributed by atoms with Crippen molar-refractivity contribution < 1.29 is 27.8 Å². The predicted molar refractivity (Wildman–Crippen MR) is 72.8 cm³/mol. The molecular formula is C13H17O6P. The molecule has 1 aromatic rings. The molecule has 0 aromatic heterocycles. The van der Waals surface area contributed by atoms with Crippen LogP contribution in [0.3, 0.4) is 0 Å². The van der Waals surface area contributed by atoms with Crippen LogP contribution in [0.5, 0.6) is 0 Å². The van der Waals surface area contributed by atoms with Crippen LogP contribution in [0, 0.1) is 0 Å². The summed E-state index contributed by atoms with van der Waals surface area (Å²) in [5.41, 5.74) is 1.40. The van der Waals surface area contributed by atoms with Gasteiger partial charge < -0.3 is 23.3 Å². The molecule has 0 bridgehead atoms. The fourth-order valence-electron chi connectivity index (χ4n) is 2.08. The van der Waals surface area contributed by atoms with Gasteiger partial charge in [0, 0.05) is 32.5 Å². The molecule has 0 aliphatic carbocycles. The first-order chi connectivity index (χ1) is 9.61. The molecule has 0 amide bonds. The van der Waals surface area contributed by atoms with Crippen molar-refractivity contribution in [2.24, 2.45) is 0 Å². The highest BCUT2D eigenvalue weighted by molar-refractivity contribution is 7.65. The van der Waals surface area contributed by atoms with Gasteiger partial charge in [0.1, 0.15) is 0 Å². The first-order valence-corrected chi connectivity index (χ1v) is 7.44. The molecule has 20 heavy (non-hydrogen) atoms. The molecule has 1 unspecified atom stereocenters. The quantitative estimate of drug-likeness (QED) is 0.779. The summed E-state index contributed by atoms with van der Waals surface area (Å²) >= 11 is 0. The molecule has 1 atom stereocenters. The molecule has 0 N–H and O–H groups in total. The van der Waals surface area contributed by atoms with Crippen molar-refractivity contribution in [2.45, 2.75) is 6.29 Å². The second-order valence-corrected chi connectivity index (χ2v) is 6.15. The smallest absolute Gasteiger partial charge is 0.368 e. The molecule has 1 aliphatic rings. The second kappa shape index (κ2) is 5.97. The van der Waals surface area contributed by atoms with Crippen molar-refractivity contribution in [3.05, 3.63) is 41.3 Å². The summed E-state index contributed by atoms with van der Waals surface area (Å²) in [7, 11) is 2.05. The van der Waals surface area contributed by atoms with Crippen molar-refractivity contribution in [3.8, 4) is 0 Å². The Hall–Kier alpha value is -1.33. The third-order valence-corrected chi connectivity index (χ3v) is 4.96. The maximum absolute atomic E-state index is 12.7. The molecule has 1 aromatic carbocycles. The second-order valence-electron chi connectivity index (χ2n) is 3.98. The molecule has 0 fully saturated rings. The van der Waals surface area contributed by atoms with Gasteiger partial charge in [-0.05, 0) is 0 Å². The van der Waals surface area contributed by atoms with Gasteiger partial charge in [-0.3, -0.25) is 4.57 Å². The molecule has 0 spiro atoms. The van der Waals surface area contributed by atoms with Gasteiger partial charge >= 0.3 is 7.60 Å². The number of rotatable bonds is 5. The van der Waals surface area contributed by atoms with Crippen molar-refractivity contribution >= 4 is 12.9 Å². The average molecular weight is 300 g/mol. The molecule has 7 heteroatoms. The summed E-state index contributed by atoms with van der Waals surface area (Å²) in [5.74, 6) is 0.0718. The van der Waals surface area contributed by atoms with Crippen molar-refractivity contribution in [1.29, 1.82) is 0 Å². The molecule has 0 saturated carbocycles. The van der Waals surface area contributed by atoms with Gasteiger partial charge in [0.05, 0.1) is 7.11 Å². The molecule has 0 radical (unpaired) electrons. The van der Waals surface area contributed by atoms with Gasteiger partial charge in [-0.1, -0.05) is 24.3 Å². The summed E-state index contributed by atoms with van der Waals surface area (Å²) in [4.78, 5) is 0. The molecule has 1 aliphatic heterocycles. The van der Waals surface area contributed by atoms with E-state index in [1.165, 1.54) is 28.4 Å². The number of benzene rings is 1. The maximum atomic E-state index is 12.7. The Morgan fingerprint density at radius 3 is 2.30 bits per heavy atom. The van der Waals surface area contributed by atoms with E-state index in [4.69, 9.17) is 23.3 Å². The Morgan fingerprint density at radius 2 is 1.75 bits per heavy atom. The van der Waals surface area contributed by atoms with E-state index in [1.807, 2.05) is 18.2 Å². The SMILES string of the molecule is COC1=C(P(=O)(OC)OC)c2ccccc2C(OC)O1. The van der Waals surface area contributed by atoms with Gasteiger partial charge in [0.25, 0.3) is 5.95 Å². The van der Waals surface area contributed by atoms with Gasteiger partial charge in [0.2, 0.25) is 6.29 Å². The molecule has 1 heterocycles. The van der Waals surface area contributed by atoms with Gasteiger partial charge in [0.15, 0.2) is 5.31 Å². The fraction of sp³-hybridized carbons (Fsp3) is 0.385. The van der Waals surface area contributed by atoms with Crippen LogP contribution in [0.15, 0.2) is 30.2 Å². The van der Waals surface area contributed by atoms with Crippen LogP contribution in [-0.4, -0.2) is 28.4 Å². The first kappa shape index (κ1) is 15.1. The normalized spacial score (nSPS) is 18.5. The van der Waals surface area contributed by atoms with Crippen LogP contribution in [0.25, 0.3) is 5.31 Å². The van der Waals surface area contributed by atoms with E-state index < -0.39 is 13.9 Å². The van der Waals surface area contributed by atoms with Gasteiger partial charge in [-0.25, -0.2) is 0 Å². The summed E-state index contributed by atoms with van der Waals surface area (Å²) < 4.78 is 38.9. The highest BCUT2D eigenvalue weighted by Gasteiger charge is 2.41. The monoisotopic (exact) mass is 300 g/mol. The Labute approximate surface area is 117 Å². The van der Waals surface area contributed by atoms with E-state index in [1.54, 1.807) is 6.07 Å². The minimum atomic E-state index is -3.52. The minimum Gasteiger partial charge on any atom is -0.468 e. The lowest BCUT2D eigenvalue weighted by molar-refractivity contribution is -0.134. The number of hydrogen-bond donors (Lipinski definition) is 0. The van der Waals surface area contributed by atoms with Gasteiger partial charge in [-0.2, -0.15) is 0 Å². The fourth-order valence-corrected chi connectivity index (χ4v) is 3.46. The zero-order chi connectivity index (χ0) is 14.8. The number of ether oxygens (including phenoxy) is 3. The lowest BCUT2D eigenvalue weighted by Gasteiger charge is -2.30. The van der Waals surface area contributed by atoms with E-state index in [2.05, 4.69) is 0 Å². The molecule has 0 saturated heterocycles. The van der Waals surface area contributed by atoms with Crippen LogP contribution in [0.4, 0.5) is 0 Å². The van der Waals surface area contributed by atoms with E-state index in [9.17, 15) is 4.57 Å². The van der Waals surface area contributed by atoms with Crippen molar-refractivity contribution in [1.82, 2.24) is 0 Å². The first-order valence-electron chi connectivity index (χ1n) is 5.90. The number of hydrogen-bond acceptors (Lipinski definition) is 6. The molecule has 110 valence electrons. The lowest BCUT2D eigenvalue weighted by Crippen LogP contribution is -2.17. The van der Waals surface area contributed by atoms with Crippen LogP contribution in [-0.2, 0) is 27.8 Å². The topological polar surface area (TPSA) is 63.2 Å². The summed E-state index contributed by atoms with van der Waals surface area (Å²) in [6, 6.07) is 7.28. The standard InChI is InChI=1S/C13H17O6P/c1-15-12-10-8-6-5-7-9(10)11(13(16-2)19-12)20(14,17-3)18-4/h5-8,12H,1-4H3. The van der Waals surface area contributed by atoms with Gasteiger partial charge in [-0.15, -0.1) is 0 Å². The van der Waals surface area contributed by atoms with Crippen molar-refractivity contribution in [3.63, 3.8) is 0 Å². The Balaban J connectivity index is 2.69. The van der Waals surface area contributed by atoms with Crippen molar-refractivity contribution in [2.75, 3.05) is 28.4 Å². The highest BCUT2D eigenvalue weighted by atomic mass is 31.2. The number of fused-ring (bicyclic) bond motifs is 1. The summed E-state index contributed by atoms with van der Waals surface area (Å²) in [5, 5.41) is 0.258. The molecular weight excluding hydrogens is 283 g/mol. The summed E-state index contributed by atoms with van der Waals surface area (Å²) in [6.07, 6.45) is -0.632. The summed E-state index contributed by atoms with van der Waals surface area (Å²) in [6.45, 7) is 0. The van der Waals surface area contributed by atoms with Crippen LogP contribution >= 0.6 is 7.60 Å². The van der Waals surface area contributed by atoms with E-state index >= 15 is 0 Å². The van der Waals surface area contributed by atoms with Crippen LogP contribution in [0.1, 0.15) is 17.4 Å².